The molecule has 0 aromatic rings. The van der Waals surface area contributed by atoms with Crippen molar-refractivity contribution in [2.45, 2.75) is 6.42 Å². The number of hydrazone groups is 1. The predicted molar refractivity (Wildman–Crippen MR) is 46.6 cm³/mol. The summed E-state index contributed by atoms with van der Waals surface area (Å²) in [6.45, 7) is 0. The highest BCUT2D eigenvalue weighted by atomic mass is 32.2. The van der Waals surface area contributed by atoms with Crippen LogP contribution in [0.25, 0.3) is 0 Å². The van der Waals surface area contributed by atoms with E-state index in [1.807, 2.05) is 11.8 Å². The van der Waals surface area contributed by atoms with E-state index in [-0.39, 0.29) is 0 Å². The van der Waals surface area contributed by atoms with Crippen LogP contribution in [-0.2, 0) is 0 Å². The second-order valence-electron chi connectivity index (χ2n) is 2.38. The van der Waals surface area contributed by atoms with Crippen molar-refractivity contribution in [3.8, 4) is 0 Å². The van der Waals surface area contributed by atoms with Crippen molar-refractivity contribution < 1.29 is 4.79 Å². The Morgan fingerprint density at radius 2 is 2.64 bits per heavy atom. The van der Waals surface area contributed by atoms with Crippen LogP contribution in [-0.4, -0.2) is 23.8 Å². The Balaban J connectivity index is 2.17. The number of urea groups is 1. The van der Waals surface area contributed by atoms with Crippen LogP contribution in [0.5, 0.6) is 0 Å². The van der Waals surface area contributed by atoms with E-state index in [0.29, 0.717) is 5.92 Å². The molecule has 5 heteroatoms. The predicted octanol–water partition coefficient (Wildman–Crippen LogP) is 0.394. The SMILES string of the molecule is NC(=O)N/N=C/C1CCSC1. The first-order chi connectivity index (χ1) is 5.29. The molecule has 1 saturated heterocycles. The molecule has 0 aliphatic carbocycles. The molecule has 0 saturated carbocycles. The number of nitrogens with zero attached hydrogens (tertiary/aromatic N) is 1. The van der Waals surface area contributed by atoms with Crippen LogP contribution in [0, 0.1) is 5.92 Å². The largest absolute Gasteiger partial charge is 0.350 e. The minimum Gasteiger partial charge on any atom is -0.350 e. The summed E-state index contributed by atoms with van der Waals surface area (Å²) in [5.41, 5.74) is 6.98. The van der Waals surface area contributed by atoms with Crippen LogP contribution in [0.2, 0.25) is 0 Å². The zero-order valence-corrected chi connectivity index (χ0v) is 6.93. The van der Waals surface area contributed by atoms with Crippen LogP contribution in [0.1, 0.15) is 6.42 Å². The summed E-state index contributed by atoms with van der Waals surface area (Å²) in [5.74, 6) is 2.80. The van der Waals surface area contributed by atoms with Crippen LogP contribution >= 0.6 is 11.8 Å². The maximum atomic E-state index is 10.2. The van der Waals surface area contributed by atoms with E-state index >= 15 is 0 Å². The normalized spacial score (nSPS) is 24.2. The molecule has 1 atom stereocenters. The lowest BCUT2D eigenvalue weighted by Gasteiger charge is -1.97. The first-order valence-electron chi connectivity index (χ1n) is 3.45. The molecular weight excluding hydrogens is 162 g/mol. The van der Waals surface area contributed by atoms with E-state index in [0.717, 1.165) is 12.2 Å². The van der Waals surface area contributed by atoms with E-state index < -0.39 is 6.03 Å². The number of primary amides is 1. The molecule has 1 rings (SSSR count). The molecule has 62 valence electrons. The molecule has 0 bridgehead atoms. The fourth-order valence-corrected chi connectivity index (χ4v) is 2.07. The van der Waals surface area contributed by atoms with E-state index in [9.17, 15) is 4.79 Å². The van der Waals surface area contributed by atoms with Crippen LogP contribution in [0.3, 0.4) is 0 Å². The smallest absolute Gasteiger partial charge is 0.332 e. The van der Waals surface area contributed by atoms with Crippen molar-refractivity contribution in [2.24, 2.45) is 16.8 Å². The first-order valence-corrected chi connectivity index (χ1v) is 4.61. The average molecular weight is 173 g/mol. The molecule has 1 aliphatic rings. The van der Waals surface area contributed by atoms with Gasteiger partial charge in [-0.3, -0.25) is 0 Å². The molecule has 0 spiro atoms. The molecule has 1 fully saturated rings. The summed E-state index contributed by atoms with van der Waals surface area (Å²) in [4.78, 5) is 10.2. The summed E-state index contributed by atoms with van der Waals surface area (Å²) in [6.07, 6.45) is 2.90. The van der Waals surface area contributed by atoms with E-state index in [4.69, 9.17) is 5.73 Å². The Kier molecular flexibility index (Phi) is 3.22. The Bertz CT molecular complexity index is 165. The topological polar surface area (TPSA) is 67.5 Å². The number of rotatable bonds is 2. The van der Waals surface area contributed by atoms with Crippen molar-refractivity contribution in [2.75, 3.05) is 11.5 Å². The standard InChI is InChI=1S/C6H11N3OS/c7-6(10)9-8-3-5-1-2-11-4-5/h3,5H,1-2,4H2,(H3,7,9,10)/b8-3+. The Morgan fingerprint density at radius 1 is 1.82 bits per heavy atom. The van der Waals surface area contributed by atoms with Gasteiger partial charge in [0.1, 0.15) is 0 Å². The van der Waals surface area contributed by atoms with Crippen molar-refractivity contribution in [1.29, 1.82) is 0 Å². The molecule has 0 aromatic heterocycles. The van der Waals surface area contributed by atoms with Gasteiger partial charge in [0.2, 0.25) is 0 Å². The van der Waals surface area contributed by atoms with Gasteiger partial charge in [-0.15, -0.1) is 0 Å². The van der Waals surface area contributed by atoms with Crippen LogP contribution < -0.4 is 11.2 Å². The minimum atomic E-state index is -0.605. The lowest BCUT2D eigenvalue weighted by atomic mass is 10.1. The van der Waals surface area contributed by atoms with E-state index in [1.54, 1.807) is 6.21 Å². The molecule has 0 aromatic carbocycles. The monoisotopic (exact) mass is 173 g/mol. The van der Waals surface area contributed by atoms with Crippen molar-refractivity contribution in [1.82, 2.24) is 5.43 Å². The molecule has 11 heavy (non-hydrogen) atoms. The van der Waals surface area contributed by atoms with Gasteiger partial charge < -0.3 is 5.73 Å². The van der Waals surface area contributed by atoms with E-state index in [2.05, 4.69) is 10.5 Å². The van der Waals surface area contributed by atoms with Gasteiger partial charge in [-0.1, -0.05) is 0 Å². The number of hydrogen-bond donors (Lipinski definition) is 2. The molecule has 1 heterocycles. The van der Waals surface area contributed by atoms with Crippen LogP contribution in [0.15, 0.2) is 5.10 Å². The molecule has 3 N–H and O–H groups in total. The third-order valence-electron chi connectivity index (χ3n) is 1.43. The summed E-state index contributed by atoms with van der Waals surface area (Å²) in [7, 11) is 0. The van der Waals surface area contributed by atoms with Gasteiger partial charge in [-0.05, 0) is 12.2 Å². The lowest BCUT2D eigenvalue weighted by Crippen LogP contribution is -2.24. The van der Waals surface area contributed by atoms with Gasteiger partial charge >= 0.3 is 6.03 Å². The van der Waals surface area contributed by atoms with Crippen LogP contribution in [0.4, 0.5) is 4.79 Å². The summed E-state index contributed by atoms with van der Waals surface area (Å²) in [6, 6.07) is -0.605. The summed E-state index contributed by atoms with van der Waals surface area (Å²) in [5, 5.41) is 3.69. The number of carbonyl (C=O) groups excluding carboxylic acids is 1. The molecule has 1 unspecified atom stereocenters. The fraction of sp³-hybridized carbons (Fsp3) is 0.667. The molecule has 0 radical (unpaired) electrons. The van der Waals surface area contributed by atoms with Crippen molar-refractivity contribution in [3.63, 3.8) is 0 Å². The first kappa shape index (κ1) is 8.39. The maximum absolute atomic E-state index is 10.2. The quantitative estimate of drug-likeness (QED) is 0.468. The molecule has 1 aliphatic heterocycles. The number of nitrogens with one attached hydrogen (secondary N) is 1. The second kappa shape index (κ2) is 4.23. The third-order valence-corrected chi connectivity index (χ3v) is 2.61. The maximum Gasteiger partial charge on any atom is 0.332 e. The third kappa shape index (κ3) is 3.27. The van der Waals surface area contributed by atoms with Gasteiger partial charge in [0.25, 0.3) is 0 Å². The highest BCUT2D eigenvalue weighted by Crippen LogP contribution is 2.21. The summed E-state index contributed by atoms with van der Waals surface area (Å²) >= 11 is 1.91. The fourth-order valence-electron chi connectivity index (χ4n) is 0.877. The lowest BCUT2D eigenvalue weighted by molar-refractivity contribution is 0.249. The molecule has 4 nitrogen and oxygen atoms in total. The number of thioether (sulfide) groups is 1. The highest BCUT2D eigenvalue weighted by molar-refractivity contribution is 7.99. The number of carbonyl (C=O) groups is 1. The molecule has 2 amide bonds. The zero-order valence-electron chi connectivity index (χ0n) is 6.12. The van der Waals surface area contributed by atoms with Gasteiger partial charge in [-0.2, -0.15) is 16.9 Å². The Labute approximate surface area is 69.6 Å². The molecular formula is C6H11N3OS. The second-order valence-corrected chi connectivity index (χ2v) is 3.53. The van der Waals surface area contributed by atoms with Gasteiger partial charge in [0, 0.05) is 17.9 Å². The average Bonchev–Trinajstić information content (AvgIpc) is 2.39. The highest BCUT2D eigenvalue weighted by Gasteiger charge is 2.12. The summed E-state index contributed by atoms with van der Waals surface area (Å²) < 4.78 is 0. The number of amides is 2. The van der Waals surface area contributed by atoms with Gasteiger partial charge in [-0.25, -0.2) is 10.2 Å². The minimum absolute atomic E-state index is 0.506. The Morgan fingerprint density at radius 3 is 3.18 bits per heavy atom. The zero-order chi connectivity index (χ0) is 8.10. The Hall–Kier alpha value is -0.710. The van der Waals surface area contributed by atoms with Gasteiger partial charge in [0.15, 0.2) is 0 Å². The number of hydrogen-bond acceptors (Lipinski definition) is 3. The van der Waals surface area contributed by atoms with Gasteiger partial charge in [0.05, 0.1) is 0 Å². The number of nitrogens with two attached hydrogens (primary N) is 1. The van der Waals surface area contributed by atoms with Crippen molar-refractivity contribution in [3.05, 3.63) is 0 Å². The van der Waals surface area contributed by atoms with E-state index in [1.165, 1.54) is 5.75 Å². The van der Waals surface area contributed by atoms with Crippen molar-refractivity contribution >= 4 is 24.0 Å².